The van der Waals surface area contributed by atoms with Gasteiger partial charge in [0.15, 0.2) is 5.01 Å². The molecule has 21 heavy (non-hydrogen) atoms. The summed E-state index contributed by atoms with van der Waals surface area (Å²) in [6.07, 6.45) is 5.11. The van der Waals surface area contributed by atoms with Gasteiger partial charge in [-0.3, -0.25) is 14.8 Å². The highest BCUT2D eigenvalue weighted by molar-refractivity contribution is 7.12. The van der Waals surface area contributed by atoms with Crippen molar-refractivity contribution in [3.63, 3.8) is 0 Å². The minimum Gasteiger partial charge on any atom is -0.344 e. The fourth-order valence-electron chi connectivity index (χ4n) is 1.78. The van der Waals surface area contributed by atoms with Gasteiger partial charge in [0.1, 0.15) is 0 Å². The lowest BCUT2D eigenvalue weighted by atomic mass is 10.2. The van der Waals surface area contributed by atoms with E-state index in [1.165, 1.54) is 11.3 Å². The molecule has 6 heteroatoms. The fourth-order valence-corrected chi connectivity index (χ4v) is 2.52. The number of nitrogens with one attached hydrogen (secondary N) is 1. The van der Waals surface area contributed by atoms with E-state index in [9.17, 15) is 4.79 Å². The van der Waals surface area contributed by atoms with Crippen molar-refractivity contribution in [3.05, 3.63) is 65.0 Å². The molecular formula is C15H12N4OS. The van der Waals surface area contributed by atoms with Crippen LogP contribution in [0.5, 0.6) is 0 Å². The zero-order valence-corrected chi connectivity index (χ0v) is 11.9. The molecule has 0 saturated carbocycles. The zero-order chi connectivity index (χ0) is 14.5. The minimum atomic E-state index is -0.189. The van der Waals surface area contributed by atoms with Gasteiger partial charge in [-0.2, -0.15) is 0 Å². The highest BCUT2D eigenvalue weighted by atomic mass is 32.1. The van der Waals surface area contributed by atoms with E-state index in [0.717, 1.165) is 17.0 Å². The van der Waals surface area contributed by atoms with Crippen molar-refractivity contribution in [2.75, 3.05) is 0 Å². The van der Waals surface area contributed by atoms with Crippen LogP contribution in [-0.4, -0.2) is 20.9 Å². The smallest absolute Gasteiger partial charge is 0.280 e. The van der Waals surface area contributed by atoms with Crippen LogP contribution < -0.4 is 5.32 Å². The molecule has 5 nitrogen and oxygen atoms in total. The molecule has 0 aromatic carbocycles. The van der Waals surface area contributed by atoms with Crippen LogP contribution in [0.15, 0.2) is 54.3 Å². The van der Waals surface area contributed by atoms with Crippen LogP contribution in [0.4, 0.5) is 0 Å². The summed E-state index contributed by atoms with van der Waals surface area (Å²) < 4.78 is 0. The van der Waals surface area contributed by atoms with Gasteiger partial charge >= 0.3 is 0 Å². The van der Waals surface area contributed by atoms with E-state index in [-0.39, 0.29) is 5.91 Å². The molecule has 0 saturated heterocycles. The van der Waals surface area contributed by atoms with Gasteiger partial charge in [0.05, 0.1) is 17.9 Å². The molecule has 104 valence electrons. The Hall–Kier alpha value is -2.60. The lowest BCUT2D eigenvalue weighted by molar-refractivity contribution is 0.0950. The molecule has 1 amide bonds. The molecule has 0 unspecified atom stereocenters. The second-order valence-corrected chi connectivity index (χ2v) is 5.14. The molecule has 0 aliphatic rings. The number of thiazole rings is 1. The number of hydrogen-bond acceptors (Lipinski definition) is 5. The second-order valence-electron chi connectivity index (χ2n) is 4.28. The number of hydrogen-bond donors (Lipinski definition) is 1. The lowest BCUT2D eigenvalue weighted by Gasteiger charge is -2.01. The number of nitrogens with zero attached hydrogens (tertiary/aromatic N) is 3. The first-order chi connectivity index (χ1) is 10.3. The van der Waals surface area contributed by atoms with Gasteiger partial charge in [-0.15, -0.1) is 11.3 Å². The first kappa shape index (κ1) is 13.4. The van der Waals surface area contributed by atoms with Gasteiger partial charge in [-0.1, -0.05) is 6.07 Å². The third-order valence-corrected chi connectivity index (χ3v) is 3.67. The van der Waals surface area contributed by atoms with Crippen LogP contribution in [0.1, 0.15) is 15.5 Å². The molecule has 0 aliphatic heterocycles. The van der Waals surface area contributed by atoms with Gasteiger partial charge in [0, 0.05) is 29.5 Å². The molecule has 3 heterocycles. The number of pyridine rings is 2. The lowest BCUT2D eigenvalue weighted by Crippen LogP contribution is -2.23. The summed E-state index contributed by atoms with van der Waals surface area (Å²) in [7, 11) is 0. The zero-order valence-electron chi connectivity index (χ0n) is 11.1. The number of rotatable bonds is 4. The molecule has 0 atom stereocenters. The van der Waals surface area contributed by atoms with Crippen molar-refractivity contribution < 1.29 is 4.79 Å². The number of carbonyl (C=O) groups excluding carboxylic acids is 1. The summed E-state index contributed by atoms with van der Waals surface area (Å²) in [6.45, 7) is 0.393. The topological polar surface area (TPSA) is 67.8 Å². The molecule has 0 radical (unpaired) electrons. The third-order valence-electron chi connectivity index (χ3n) is 2.83. The number of amides is 1. The van der Waals surface area contributed by atoms with Gasteiger partial charge < -0.3 is 5.32 Å². The van der Waals surface area contributed by atoms with Crippen LogP contribution in [0.2, 0.25) is 0 Å². The van der Waals surface area contributed by atoms with Crippen LogP contribution >= 0.6 is 11.3 Å². The second kappa shape index (κ2) is 6.23. The Labute approximate surface area is 125 Å². The highest BCUT2D eigenvalue weighted by Crippen LogP contribution is 2.20. The summed E-state index contributed by atoms with van der Waals surface area (Å²) in [5, 5.41) is 5.12. The van der Waals surface area contributed by atoms with Crippen LogP contribution in [-0.2, 0) is 6.54 Å². The van der Waals surface area contributed by atoms with E-state index in [0.29, 0.717) is 11.6 Å². The summed E-state index contributed by atoms with van der Waals surface area (Å²) >= 11 is 1.32. The standard InChI is InChI=1S/C15H12N4OS/c20-14(18-9-12-3-1-2-6-17-12)15-19-13(10-21-15)11-4-7-16-8-5-11/h1-8,10H,9H2,(H,18,20). The summed E-state index contributed by atoms with van der Waals surface area (Å²) in [5.41, 5.74) is 2.55. The monoisotopic (exact) mass is 296 g/mol. The minimum absolute atomic E-state index is 0.189. The third kappa shape index (κ3) is 3.29. The Morgan fingerprint density at radius 2 is 2.00 bits per heavy atom. The van der Waals surface area contributed by atoms with Gasteiger partial charge in [0.25, 0.3) is 5.91 Å². The Morgan fingerprint density at radius 3 is 2.76 bits per heavy atom. The average molecular weight is 296 g/mol. The first-order valence-electron chi connectivity index (χ1n) is 6.37. The molecule has 0 fully saturated rings. The van der Waals surface area contributed by atoms with Crippen molar-refractivity contribution in [1.82, 2.24) is 20.3 Å². The molecule has 3 rings (SSSR count). The van der Waals surface area contributed by atoms with E-state index >= 15 is 0 Å². The fraction of sp³-hybridized carbons (Fsp3) is 0.0667. The van der Waals surface area contributed by atoms with Crippen molar-refractivity contribution in [3.8, 4) is 11.3 Å². The highest BCUT2D eigenvalue weighted by Gasteiger charge is 2.11. The van der Waals surface area contributed by atoms with Gasteiger partial charge in [-0.25, -0.2) is 4.98 Å². The van der Waals surface area contributed by atoms with Gasteiger partial charge in [-0.05, 0) is 24.3 Å². The predicted octanol–water partition coefficient (Wildman–Crippen LogP) is 2.53. The first-order valence-corrected chi connectivity index (χ1v) is 7.25. The maximum Gasteiger partial charge on any atom is 0.280 e. The van der Waals surface area contributed by atoms with Crippen LogP contribution in [0.3, 0.4) is 0 Å². The molecule has 1 N–H and O–H groups in total. The molecule has 3 aromatic rings. The Balaban J connectivity index is 1.67. The molecule has 0 bridgehead atoms. The normalized spacial score (nSPS) is 10.3. The number of aromatic nitrogens is 3. The quantitative estimate of drug-likeness (QED) is 0.803. The SMILES string of the molecule is O=C(NCc1ccccn1)c1nc(-c2ccncc2)cs1. The van der Waals surface area contributed by atoms with Crippen LogP contribution in [0.25, 0.3) is 11.3 Å². The molecule has 0 aliphatic carbocycles. The van der Waals surface area contributed by atoms with Crippen molar-refractivity contribution in [1.29, 1.82) is 0 Å². The molecule has 0 spiro atoms. The van der Waals surface area contributed by atoms with E-state index < -0.39 is 0 Å². The summed E-state index contributed by atoms with van der Waals surface area (Å²) in [5.74, 6) is -0.189. The van der Waals surface area contributed by atoms with E-state index in [2.05, 4.69) is 20.3 Å². The average Bonchev–Trinajstić information content (AvgIpc) is 3.04. The Bertz CT molecular complexity index is 728. The van der Waals surface area contributed by atoms with Crippen molar-refractivity contribution in [2.45, 2.75) is 6.54 Å². The molecular weight excluding hydrogens is 284 g/mol. The van der Waals surface area contributed by atoms with E-state index in [1.54, 1.807) is 18.6 Å². The van der Waals surface area contributed by atoms with E-state index in [4.69, 9.17) is 0 Å². The summed E-state index contributed by atoms with van der Waals surface area (Å²) in [6, 6.07) is 9.33. The maximum absolute atomic E-state index is 12.1. The number of carbonyl (C=O) groups is 1. The predicted molar refractivity (Wildman–Crippen MR) is 80.8 cm³/mol. The summed E-state index contributed by atoms with van der Waals surface area (Å²) in [4.78, 5) is 24.5. The van der Waals surface area contributed by atoms with Gasteiger partial charge in [0.2, 0.25) is 0 Å². The van der Waals surface area contributed by atoms with Crippen LogP contribution in [0, 0.1) is 0 Å². The molecule has 3 aromatic heterocycles. The largest absolute Gasteiger partial charge is 0.344 e. The maximum atomic E-state index is 12.1. The van der Waals surface area contributed by atoms with Crippen molar-refractivity contribution in [2.24, 2.45) is 0 Å². The Morgan fingerprint density at radius 1 is 1.14 bits per heavy atom. The van der Waals surface area contributed by atoms with E-state index in [1.807, 2.05) is 35.7 Å². The Kier molecular flexibility index (Phi) is 3.97. The van der Waals surface area contributed by atoms with Crippen molar-refractivity contribution >= 4 is 17.2 Å².